The van der Waals surface area contributed by atoms with Crippen LogP contribution in [-0.4, -0.2) is 26.4 Å². The monoisotopic (exact) mass is 359 g/mol. The molecule has 136 valence electrons. The van der Waals surface area contributed by atoms with Gasteiger partial charge in [0.25, 0.3) is 0 Å². The van der Waals surface area contributed by atoms with E-state index >= 15 is 0 Å². The molecule has 7 nitrogen and oxygen atoms in total. The van der Waals surface area contributed by atoms with E-state index in [-0.39, 0.29) is 13.2 Å². The summed E-state index contributed by atoms with van der Waals surface area (Å²) < 4.78 is 31.6. The fourth-order valence-corrected chi connectivity index (χ4v) is 2.59. The quantitative estimate of drug-likeness (QED) is 0.341. The highest BCUT2D eigenvalue weighted by atomic mass is 31.2. The smallest absolute Gasteiger partial charge is 0.448 e. The number of hydroxylamine groups is 1. The topological polar surface area (TPSA) is 83.1 Å². The van der Waals surface area contributed by atoms with Crippen LogP contribution in [0.3, 0.4) is 0 Å². The van der Waals surface area contributed by atoms with Crippen molar-refractivity contribution in [3.05, 3.63) is 35.9 Å². The first-order valence-electron chi connectivity index (χ1n) is 8.05. The average molecular weight is 359 g/mol. The molecule has 0 fully saturated rings. The molecule has 0 radical (unpaired) electrons. The third-order valence-electron chi connectivity index (χ3n) is 3.18. The maximum atomic E-state index is 12.2. The zero-order valence-corrected chi connectivity index (χ0v) is 15.1. The number of nitrogens with one attached hydrogen (secondary N) is 1. The number of carbonyl (C=O) groups excluding carboxylic acids is 1. The van der Waals surface area contributed by atoms with E-state index in [2.05, 4.69) is 6.92 Å². The van der Waals surface area contributed by atoms with Crippen molar-refractivity contribution in [3.63, 3.8) is 0 Å². The Morgan fingerprint density at radius 3 is 2.54 bits per heavy atom. The summed E-state index contributed by atoms with van der Waals surface area (Å²) in [4.78, 5) is 11.4. The number of phosphoric ester groups is 1. The molecule has 8 heteroatoms. The Bertz CT molecular complexity index is 511. The minimum Gasteiger partial charge on any atom is -0.448 e. The Morgan fingerprint density at radius 2 is 1.88 bits per heavy atom. The first-order valence-corrected chi connectivity index (χ1v) is 9.51. The van der Waals surface area contributed by atoms with Gasteiger partial charge >= 0.3 is 13.9 Å². The molecule has 0 aliphatic carbocycles. The van der Waals surface area contributed by atoms with Gasteiger partial charge in [-0.25, -0.2) is 9.36 Å². The summed E-state index contributed by atoms with van der Waals surface area (Å²) in [5.74, 6) is 0. The fraction of sp³-hybridized carbons (Fsp3) is 0.562. The summed E-state index contributed by atoms with van der Waals surface area (Å²) in [6.07, 6.45) is 3.68. The van der Waals surface area contributed by atoms with Crippen LogP contribution >= 0.6 is 7.82 Å². The summed E-state index contributed by atoms with van der Waals surface area (Å²) in [6.45, 7) is 2.51. The number of rotatable bonds is 12. The van der Waals surface area contributed by atoms with Crippen LogP contribution in [0.15, 0.2) is 30.3 Å². The van der Waals surface area contributed by atoms with E-state index in [1.54, 1.807) is 0 Å². The maximum Gasteiger partial charge on any atom is 0.496 e. The summed E-state index contributed by atoms with van der Waals surface area (Å²) in [5.41, 5.74) is 2.97. The molecule has 0 saturated carbocycles. The molecule has 0 aliphatic heterocycles. The van der Waals surface area contributed by atoms with Gasteiger partial charge in [0.1, 0.15) is 0 Å². The molecule has 1 N–H and O–H groups in total. The van der Waals surface area contributed by atoms with E-state index in [0.717, 1.165) is 31.2 Å². The van der Waals surface area contributed by atoms with Crippen LogP contribution in [-0.2, 0) is 29.4 Å². The van der Waals surface area contributed by atoms with Crippen LogP contribution in [0.4, 0.5) is 4.79 Å². The van der Waals surface area contributed by atoms with Gasteiger partial charge in [-0.3, -0.25) is 9.05 Å². The van der Waals surface area contributed by atoms with Gasteiger partial charge in [-0.05, 0) is 18.4 Å². The molecule has 1 amide bonds. The van der Waals surface area contributed by atoms with Crippen molar-refractivity contribution in [2.24, 2.45) is 0 Å². The highest BCUT2D eigenvalue weighted by Gasteiger charge is 2.27. The molecule has 1 aromatic rings. The zero-order chi connectivity index (χ0) is 17.7. The third-order valence-corrected chi connectivity index (χ3v) is 4.44. The van der Waals surface area contributed by atoms with Crippen molar-refractivity contribution in [3.8, 4) is 0 Å². The van der Waals surface area contributed by atoms with Crippen molar-refractivity contribution in [2.45, 2.75) is 39.0 Å². The normalized spacial score (nSPS) is 13.2. The van der Waals surface area contributed by atoms with E-state index in [9.17, 15) is 9.36 Å². The lowest BCUT2D eigenvalue weighted by molar-refractivity contribution is 0.0615. The summed E-state index contributed by atoms with van der Waals surface area (Å²) in [5, 5.41) is 0. The highest BCUT2D eigenvalue weighted by Crippen LogP contribution is 2.47. The van der Waals surface area contributed by atoms with Crippen LogP contribution in [0.1, 0.15) is 38.2 Å². The Labute approximate surface area is 143 Å². The molecular weight excluding hydrogens is 333 g/mol. The van der Waals surface area contributed by atoms with Gasteiger partial charge in [0.2, 0.25) is 0 Å². The van der Waals surface area contributed by atoms with Crippen LogP contribution in [0, 0.1) is 0 Å². The number of phosphoric acid groups is 1. The molecule has 0 aromatic heterocycles. The molecule has 0 heterocycles. The number of ether oxygens (including phenoxy) is 1. The van der Waals surface area contributed by atoms with E-state index in [1.807, 2.05) is 35.8 Å². The Hall–Kier alpha value is -1.40. The van der Waals surface area contributed by atoms with E-state index in [0.29, 0.717) is 6.42 Å². The first kappa shape index (κ1) is 20.6. The molecule has 24 heavy (non-hydrogen) atoms. The predicted octanol–water partition coefficient (Wildman–Crippen LogP) is 4.24. The number of benzene rings is 1. The second kappa shape index (κ2) is 12.0. The second-order valence-electron chi connectivity index (χ2n) is 5.09. The fourth-order valence-electron chi connectivity index (χ4n) is 1.85. The van der Waals surface area contributed by atoms with Gasteiger partial charge in [0, 0.05) is 7.11 Å². The lowest BCUT2D eigenvalue weighted by Crippen LogP contribution is -2.24. The molecular formula is C16H26NO6P. The Morgan fingerprint density at radius 1 is 1.12 bits per heavy atom. The predicted molar refractivity (Wildman–Crippen MR) is 90.4 cm³/mol. The van der Waals surface area contributed by atoms with Gasteiger partial charge < -0.3 is 4.74 Å². The largest absolute Gasteiger partial charge is 0.496 e. The van der Waals surface area contributed by atoms with E-state index in [1.165, 1.54) is 7.11 Å². The summed E-state index contributed by atoms with van der Waals surface area (Å²) >= 11 is 0. The van der Waals surface area contributed by atoms with Crippen molar-refractivity contribution in [2.75, 3.05) is 20.3 Å². The van der Waals surface area contributed by atoms with Crippen LogP contribution in [0.2, 0.25) is 0 Å². The summed E-state index contributed by atoms with van der Waals surface area (Å²) in [7, 11) is -2.67. The number of unbranched alkanes of at least 4 members (excludes halogenated alkanes) is 3. The van der Waals surface area contributed by atoms with Crippen molar-refractivity contribution in [1.29, 1.82) is 0 Å². The van der Waals surface area contributed by atoms with Crippen LogP contribution in [0.5, 0.6) is 0 Å². The lowest BCUT2D eigenvalue weighted by Gasteiger charge is -2.15. The number of amides is 1. The van der Waals surface area contributed by atoms with Crippen molar-refractivity contribution < 1.29 is 27.8 Å². The minimum absolute atomic E-state index is 0.128. The number of hydrogen-bond acceptors (Lipinski definition) is 6. The Kier molecular flexibility index (Phi) is 10.4. The molecule has 1 unspecified atom stereocenters. The maximum absolute atomic E-state index is 12.2. The SMILES string of the molecule is CCCCCCOC(=O)NOP(=O)(OC)OCCc1ccccc1. The highest BCUT2D eigenvalue weighted by molar-refractivity contribution is 7.48. The lowest BCUT2D eigenvalue weighted by atomic mass is 10.2. The van der Waals surface area contributed by atoms with Crippen molar-refractivity contribution in [1.82, 2.24) is 5.48 Å². The van der Waals surface area contributed by atoms with E-state index < -0.39 is 13.9 Å². The molecule has 0 aliphatic rings. The zero-order valence-electron chi connectivity index (χ0n) is 14.2. The molecule has 1 aromatic carbocycles. The van der Waals surface area contributed by atoms with E-state index in [4.69, 9.17) is 18.4 Å². The third kappa shape index (κ3) is 9.03. The molecule has 1 atom stereocenters. The molecule has 0 bridgehead atoms. The van der Waals surface area contributed by atoms with Gasteiger partial charge in [0.05, 0.1) is 13.2 Å². The molecule has 1 rings (SSSR count). The Balaban J connectivity index is 2.23. The molecule has 0 saturated heterocycles. The second-order valence-corrected chi connectivity index (χ2v) is 6.79. The standard InChI is InChI=1S/C16H26NO6P/c1-3-4-5-9-13-21-16(18)17-23-24(19,20-2)22-14-12-15-10-7-6-8-11-15/h6-8,10-11H,3-5,9,12-14H2,1-2H3,(H,17,18). The molecule has 0 spiro atoms. The van der Waals surface area contributed by atoms with Crippen molar-refractivity contribution >= 4 is 13.9 Å². The van der Waals surface area contributed by atoms with Gasteiger partial charge in [-0.15, -0.1) is 0 Å². The minimum atomic E-state index is -3.85. The van der Waals surface area contributed by atoms with Gasteiger partial charge in [-0.1, -0.05) is 56.5 Å². The van der Waals surface area contributed by atoms with Gasteiger partial charge in [0.15, 0.2) is 0 Å². The average Bonchev–Trinajstić information content (AvgIpc) is 2.61. The van der Waals surface area contributed by atoms with Gasteiger partial charge in [-0.2, -0.15) is 10.1 Å². The van der Waals surface area contributed by atoms with Crippen LogP contribution in [0.25, 0.3) is 0 Å². The summed E-state index contributed by atoms with van der Waals surface area (Å²) in [6, 6.07) is 9.57. The number of carbonyl (C=O) groups is 1. The van der Waals surface area contributed by atoms with Crippen LogP contribution < -0.4 is 5.48 Å². The first-order chi connectivity index (χ1) is 11.6. The number of hydrogen-bond donors (Lipinski definition) is 1.